The molecule has 192 valence electrons. The summed E-state index contributed by atoms with van der Waals surface area (Å²) in [6.45, 7) is 5.32. The number of aromatic hydroxyl groups is 2. The zero-order chi connectivity index (χ0) is 26.1. The van der Waals surface area contributed by atoms with Gasteiger partial charge in [0.2, 0.25) is 0 Å². The van der Waals surface area contributed by atoms with Gasteiger partial charge in [0.1, 0.15) is 11.5 Å². The van der Waals surface area contributed by atoms with Crippen molar-refractivity contribution in [1.82, 2.24) is 0 Å². The molecule has 2 aromatic carbocycles. The van der Waals surface area contributed by atoms with Gasteiger partial charge in [0.15, 0.2) is 17.9 Å². The van der Waals surface area contributed by atoms with Gasteiger partial charge in [0, 0.05) is 47.6 Å². The summed E-state index contributed by atoms with van der Waals surface area (Å²) in [5.74, 6) is -2.30. The molecule has 1 fully saturated rings. The first-order valence-corrected chi connectivity index (χ1v) is 12.2. The Labute approximate surface area is 208 Å². The number of fused-ring (bicyclic) bond motifs is 3. The molecule has 0 saturated carbocycles. The summed E-state index contributed by atoms with van der Waals surface area (Å²) in [6, 6.07) is 5.65. The highest BCUT2D eigenvalue weighted by molar-refractivity contribution is 6.30. The van der Waals surface area contributed by atoms with Crippen molar-refractivity contribution in [2.45, 2.75) is 76.3 Å². The lowest BCUT2D eigenvalue weighted by Crippen LogP contribution is -2.52. The molecule has 2 aliphatic carbocycles. The second-order valence-corrected chi connectivity index (χ2v) is 10.5. The zero-order valence-electron chi connectivity index (χ0n) is 20.4. The normalized spacial score (nSPS) is 31.7. The average Bonchev–Trinajstić information content (AvgIpc) is 2.82. The smallest absolute Gasteiger partial charge is 0.198 e. The Morgan fingerprint density at radius 2 is 1.67 bits per heavy atom. The number of benzene rings is 2. The van der Waals surface area contributed by atoms with E-state index in [1.54, 1.807) is 19.1 Å². The molecule has 5 rings (SSSR count). The number of hydrogen-bond acceptors (Lipinski definition) is 9. The Kier molecular flexibility index (Phi) is 5.96. The van der Waals surface area contributed by atoms with Crippen molar-refractivity contribution < 1.29 is 39.5 Å². The summed E-state index contributed by atoms with van der Waals surface area (Å²) < 4.78 is 12.0. The van der Waals surface area contributed by atoms with E-state index in [1.807, 2.05) is 13.8 Å². The highest BCUT2D eigenvalue weighted by Gasteiger charge is 2.48. The van der Waals surface area contributed by atoms with E-state index >= 15 is 0 Å². The number of phenolic OH excluding ortho intramolecular Hbond substituents is 2. The van der Waals surface area contributed by atoms with E-state index in [1.165, 1.54) is 12.1 Å². The monoisotopic (exact) mass is 497 g/mol. The molecule has 1 aliphatic heterocycles. The van der Waals surface area contributed by atoms with Gasteiger partial charge in [-0.1, -0.05) is 38.1 Å². The minimum Gasteiger partial charge on any atom is -0.507 e. The molecule has 0 amide bonds. The second-order valence-electron chi connectivity index (χ2n) is 10.5. The summed E-state index contributed by atoms with van der Waals surface area (Å²) in [6.07, 6.45) is -3.14. The van der Waals surface area contributed by atoms with E-state index < -0.39 is 59.3 Å². The van der Waals surface area contributed by atoms with Gasteiger partial charge in [0.25, 0.3) is 0 Å². The van der Waals surface area contributed by atoms with Crippen LogP contribution in [0.15, 0.2) is 24.3 Å². The van der Waals surface area contributed by atoms with Gasteiger partial charge in [-0.2, -0.15) is 0 Å². The Morgan fingerprint density at radius 3 is 2.22 bits per heavy atom. The SMILES string of the molecule is CC(C)[C@]1(O)Cc2c(O)c3c(c(O)c2[C@@H](OC2C[C@H](N)[C@H](O)[C@H](C)O2)C1)C(=O)c1ccccc1C3=O. The summed E-state index contributed by atoms with van der Waals surface area (Å²) in [5, 5.41) is 44.4. The van der Waals surface area contributed by atoms with Gasteiger partial charge < -0.3 is 35.6 Å². The molecular formula is C27H31NO8. The van der Waals surface area contributed by atoms with Crippen LogP contribution in [-0.4, -0.2) is 62.1 Å². The molecule has 36 heavy (non-hydrogen) atoms. The lowest BCUT2D eigenvalue weighted by Gasteiger charge is -2.44. The Bertz CT molecular complexity index is 1240. The molecule has 1 unspecified atom stereocenters. The van der Waals surface area contributed by atoms with Crippen LogP contribution in [0.25, 0.3) is 0 Å². The number of hydrogen-bond donors (Lipinski definition) is 5. The molecule has 3 aliphatic rings. The molecule has 1 saturated heterocycles. The van der Waals surface area contributed by atoms with E-state index in [0.717, 1.165) is 0 Å². The summed E-state index contributed by atoms with van der Waals surface area (Å²) in [4.78, 5) is 26.7. The van der Waals surface area contributed by atoms with Crippen molar-refractivity contribution in [3.63, 3.8) is 0 Å². The lowest BCUT2D eigenvalue weighted by atomic mass is 9.70. The first-order chi connectivity index (χ1) is 16.9. The molecule has 0 radical (unpaired) electrons. The summed E-state index contributed by atoms with van der Waals surface area (Å²) in [5.41, 5.74) is 4.76. The minimum atomic E-state index is -1.34. The van der Waals surface area contributed by atoms with Crippen molar-refractivity contribution >= 4 is 11.6 Å². The number of phenols is 2. The molecule has 6 atom stereocenters. The molecule has 0 spiro atoms. The van der Waals surface area contributed by atoms with Gasteiger partial charge in [0.05, 0.1) is 35.0 Å². The highest BCUT2D eigenvalue weighted by Crippen LogP contribution is 2.53. The largest absolute Gasteiger partial charge is 0.507 e. The standard InChI is InChI=1S/C27H31NO8/c1-11(2)27(34)9-15-19(17(10-27)36-18-8-16(28)22(29)12(3)35-18)26(33)21-20(25(15)32)23(30)13-6-4-5-7-14(13)24(21)31/h4-7,11-12,16-18,22,29,32-34H,8-10,28H2,1-3H3/t12-,16-,17-,18?,22+,27-/m0/s1. The van der Waals surface area contributed by atoms with Crippen molar-refractivity contribution in [2.24, 2.45) is 11.7 Å². The van der Waals surface area contributed by atoms with Crippen molar-refractivity contribution in [3.8, 4) is 11.5 Å². The van der Waals surface area contributed by atoms with Crippen LogP contribution < -0.4 is 5.73 Å². The fraction of sp³-hybridized carbons (Fsp3) is 0.481. The highest BCUT2D eigenvalue weighted by atomic mass is 16.7. The predicted octanol–water partition coefficient (Wildman–Crippen LogP) is 2.09. The number of aliphatic hydroxyl groups excluding tert-OH is 1. The van der Waals surface area contributed by atoms with Gasteiger partial charge >= 0.3 is 0 Å². The first-order valence-electron chi connectivity index (χ1n) is 12.2. The summed E-state index contributed by atoms with van der Waals surface area (Å²) in [7, 11) is 0. The van der Waals surface area contributed by atoms with Gasteiger partial charge in [-0.3, -0.25) is 9.59 Å². The Morgan fingerprint density at radius 1 is 1.08 bits per heavy atom. The Balaban J connectivity index is 1.66. The van der Waals surface area contributed by atoms with E-state index in [2.05, 4.69) is 0 Å². The van der Waals surface area contributed by atoms with E-state index in [9.17, 15) is 30.0 Å². The van der Waals surface area contributed by atoms with Crippen molar-refractivity contribution in [2.75, 3.05) is 0 Å². The third-order valence-electron chi connectivity index (χ3n) is 7.95. The molecule has 0 aromatic heterocycles. The van der Waals surface area contributed by atoms with E-state index in [0.29, 0.717) is 0 Å². The fourth-order valence-corrected chi connectivity index (χ4v) is 5.62. The third-order valence-corrected chi connectivity index (χ3v) is 7.95. The summed E-state index contributed by atoms with van der Waals surface area (Å²) >= 11 is 0. The van der Waals surface area contributed by atoms with Crippen LogP contribution in [0.5, 0.6) is 11.5 Å². The maximum Gasteiger partial charge on any atom is 0.198 e. The second kappa shape index (κ2) is 8.64. The molecule has 2 aromatic rings. The molecule has 9 heteroatoms. The molecule has 0 bridgehead atoms. The van der Waals surface area contributed by atoms with Gasteiger partial charge in [-0.05, 0) is 12.8 Å². The van der Waals surface area contributed by atoms with Crippen LogP contribution in [0.1, 0.15) is 82.7 Å². The number of ketones is 2. The maximum absolute atomic E-state index is 13.4. The minimum absolute atomic E-state index is 0.0458. The lowest BCUT2D eigenvalue weighted by molar-refractivity contribution is -0.249. The number of nitrogens with two attached hydrogens (primary N) is 1. The number of rotatable bonds is 3. The van der Waals surface area contributed by atoms with Crippen molar-refractivity contribution in [1.29, 1.82) is 0 Å². The predicted molar refractivity (Wildman–Crippen MR) is 128 cm³/mol. The number of carbonyl (C=O) groups excluding carboxylic acids is 2. The molecule has 6 N–H and O–H groups in total. The Hall–Kier alpha value is -2.82. The van der Waals surface area contributed by atoms with Crippen molar-refractivity contribution in [3.05, 3.63) is 57.6 Å². The van der Waals surface area contributed by atoms with Crippen LogP contribution >= 0.6 is 0 Å². The quantitative estimate of drug-likeness (QED) is 0.341. The topological polar surface area (TPSA) is 160 Å². The van der Waals surface area contributed by atoms with E-state index in [4.69, 9.17) is 15.2 Å². The first kappa shape index (κ1) is 24.9. The van der Waals surface area contributed by atoms with Crippen LogP contribution in [0.4, 0.5) is 0 Å². The van der Waals surface area contributed by atoms with Crippen LogP contribution in [-0.2, 0) is 15.9 Å². The molecule has 1 heterocycles. The third kappa shape index (κ3) is 3.65. The van der Waals surface area contributed by atoms with Crippen LogP contribution in [0.3, 0.4) is 0 Å². The number of carbonyl (C=O) groups is 2. The van der Waals surface area contributed by atoms with Gasteiger partial charge in [-0.25, -0.2) is 0 Å². The fourth-order valence-electron chi connectivity index (χ4n) is 5.62. The average molecular weight is 498 g/mol. The van der Waals surface area contributed by atoms with Crippen LogP contribution in [0.2, 0.25) is 0 Å². The molecule has 9 nitrogen and oxygen atoms in total. The molecular weight excluding hydrogens is 466 g/mol. The van der Waals surface area contributed by atoms with Crippen LogP contribution in [0, 0.1) is 5.92 Å². The number of aliphatic hydroxyl groups is 2. The van der Waals surface area contributed by atoms with Gasteiger partial charge in [-0.15, -0.1) is 0 Å². The zero-order valence-corrected chi connectivity index (χ0v) is 20.4. The maximum atomic E-state index is 13.4. The number of ether oxygens (including phenoxy) is 2. The van der Waals surface area contributed by atoms with E-state index in [-0.39, 0.29) is 58.6 Å².